The first kappa shape index (κ1) is 78.8. The van der Waals surface area contributed by atoms with Gasteiger partial charge in [0.25, 0.3) is 17.7 Å². The van der Waals surface area contributed by atoms with Gasteiger partial charge in [0, 0.05) is 130 Å². The lowest BCUT2D eigenvalue weighted by molar-refractivity contribution is -0.444. The molecule has 0 radical (unpaired) electrons. The van der Waals surface area contributed by atoms with Crippen molar-refractivity contribution in [3.8, 4) is 5.75 Å². The van der Waals surface area contributed by atoms with E-state index in [0.29, 0.717) is 28.4 Å². The van der Waals surface area contributed by atoms with Gasteiger partial charge in [0.05, 0.1) is 64.2 Å². The number of carbonyl (C=O) groups is 4. The quantitative estimate of drug-likeness (QED) is 0.0415. The summed E-state index contributed by atoms with van der Waals surface area (Å²) in [5.41, 5.74) is 20.8. The van der Waals surface area contributed by atoms with Gasteiger partial charge in [0.1, 0.15) is 11.6 Å². The number of halogens is 5. The minimum Gasteiger partial charge on any atom is -0.497 e. The monoisotopic (exact) mass is 1760 g/mol. The molecule has 0 bridgehead atoms. The molecule has 0 aliphatic heterocycles. The minimum atomic E-state index is -0.181. The van der Waals surface area contributed by atoms with E-state index in [1.54, 1.807) is 49.6 Å². The number of methoxy groups -OCH3 is 1. The molecule has 19 nitrogen and oxygen atoms in total. The van der Waals surface area contributed by atoms with E-state index in [0.717, 1.165) is 191 Å². The first-order valence-corrected chi connectivity index (χ1v) is 43.1. The van der Waals surface area contributed by atoms with Crippen LogP contribution in [0.15, 0.2) is 205 Å². The number of Topliss-reactive ketones (excluding diaryl/α,β-unsaturated/α-hetero) is 1. The summed E-state index contributed by atoms with van der Waals surface area (Å²) in [4.78, 5) is 87.7. The summed E-state index contributed by atoms with van der Waals surface area (Å²) < 4.78 is 18.5. The van der Waals surface area contributed by atoms with Crippen molar-refractivity contribution in [1.29, 1.82) is 0 Å². The van der Waals surface area contributed by atoms with Gasteiger partial charge in [-0.2, -0.15) is 0 Å². The van der Waals surface area contributed by atoms with Gasteiger partial charge in [-0.3, -0.25) is 19.2 Å². The molecule has 0 saturated heterocycles. The standard InChI is InChI=1S/C20H19ClN2O2.C19H16BrN3.C19H18BrN2O3.C17H15ClN2O2.C17H15ClN2OS/c1-25-14-8-5-12(6-9-14)20(24)23-18-4-2-3-15-16-11-13(21)7-10-17(16)22-19(15)18;20-11-8-9-15-14(10-11)12-4-3-5-13(18(12)21-15)19-22-16-6-1-2-7-17(16)23-19;1-22(24)18-8-7-17(25-18)16(23)9-11-3-2-4-13-14-10-12(20)5-6-15(14)21-19(11)13;2*18-10-6-7-13-12(9-10)11-3-1-4-14(16(11)19-13)20-17(21)15-5-2-8-22-15/h5-11,18,22H,2-4H2,1H3,(H,23,24);1-2,6-10,13,21H,3-5H2,(H,22,23);5-8,10-11,21H,2-4,9H2,1H3;2*2,5-9,14,19H,1,3-4H2,(H,20,21)/q;;+1;;. The predicted molar refractivity (Wildman–Crippen MR) is 471 cm³/mol. The van der Waals surface area contributed by atoms with Gasteiger partial charge in [-0.05, 0) is 281 Å². The van der Waals surface area contributed by atoms with E-state index in [-0.39, 0.29) is 59.2 Å². The number of aryl methyl sites for hydroxylation is 5. The largest absolute Gasteiger partial charge is 0.497 e. The van der Waals surface area contributed by atoms with Crippen molar-refractivity contribution in [3.63, 3.8) is 0 Å². The number of nitroso groups, excluding NO2 is 1. The molecule has 117 heavy (non-hydrogen) atoms. The molecule has 5 aliphatic carbocycles. The lowest BCUT2D eigenvalue weighted by Gasteiger charge is -2.24. The molecule has 9 N–H and O–H groups in total. The Morgan fingerprint density at radius 2 is 0.983 bits per heavy atom. The number of benzene rings is 7. The van der Waals surface area contributed by atoms with Crippen LogP contribution in [0.5, 0.6) is 5.75 Å². The van der Waals surface area contributed by atoms with Crippen LogP contribution in [-0.4, -0.2) is 77.3 Å². The highest BCUT2D eigenvalue weighted by molar-refractivity contribution is 9.10. The van der Waals surface area contributed by atoms with Crippen LogP contribution in [-0.2, 0) is 32.1 Å². The van der Waals surface area contributed by atoms with Crippen LogP contribution in [0.3, 0.4) is 0 Å². The number of hydrogen-bond acceptors (Lipinski definition) is 10. The van der Waals surface area contributed by atoms with Crippen molar-refractivity contribution in [2.45, 2.75) is 133 Å². The molecule has 0 spiro atoms. The van der Waals surface area contributed by atoms with E-state index in [2.05, 4.69) is 126 Å². The van der Waals surface area contributed by atoms with Gasteiger partial charge in [0.2, 0.25) is 0 Å². The predicted octanol–water partition coefficient (Wildman–Crippen LogP) is 24.1. The fraction of sp³-hybridized carbons (Fsp3) is 0.250. The van der Waals surface area contributed by atoms with Crippen LogP contribution in [0.4, 0.5) is 5.88 Å². The molecule has 7 aromatic carbocycles. The smallest absolute Gasteiger partial charge is 0.421 e. The van der Waals surface area contributed by atoms with Gasteiger partial charge in [-0.15, -0.1) is 11.3 Å². The van der Waals surface area contributed by atoms with E-state index in [4.69, 9.17) is 53.4 Å². The Kier molecular flexibility index (Phi) is 23.2. The van der Waals surface area contributed by atoms with E-state index < -0.39 is 0 Å². The van der Waals surface area contributed by atoms with Crippen LogP contribution in [0.25, 0.3) is 65.5 Å². The average Bonchev–Trinajstić information content (AvgIpc) is 1.57. The summed E-state index contributed by atoms with van der Waals surface area (Å²) in [5, 5.41) is 19.6. The Bertz CT molecular complexity index is 6230. The maximum absolute atomic E-state index is 12.6. The zero-order valence-electron chi connectivity index (χ0n) is 64.1. The number of aromatic amines is 6. The molecule has 25 heteroatoms. The van der Waals surface area contributed by atoms with Crippen molar-refractivity contribution in [3.05, 3.63) is 301 Å². The number of amides is 3. The molecule has 16 aromatic rings. The zero-order chi connectivity index (χ0) is 80.5. The van der Waals surface area contributed by atoms with Crippen LogP contribution in [0, 0.1) is 4.91 Å². The van der Waals surface area contributed by atoms with E-state index in [1.807, 2.05) is 84.2 Å². The highest BCUT2D eigenvalue weighted by Gasteiger charge is 2.33. The summed E-state index contributed by atoms with van der Waals surface area (Å²) >= 11 is 27.0. The van der Waals surface area contributed by atoms with Gasteiger partial charge < -0.3 is 59.4 Å². The number of ketones is 1. The molecule has 9 heterocycles. The molecule has 5 atom stereocenters. The van der Waals surface area contributed by atoms with Gasteiger partial charge in [-0.25, -0.2) is 4.98 Å². The number of fused-ring (bicyclic) bond motifs is 16. The number of rotatable bonds is 12. The number of H-pyrrole nitrogens is 6. The Labute approximate surface area is 709 Å². The third-order valence-electron chi connectivity index (χ3n) is 23.1. The van der Waals surface area contributed by atoms with Crippen LogP contribution in [0.2, 0.25) is 15.1 Å². The average molecular weight is 1770 g/mol. The van der Waals surface area contributed by atoms with E-state index in [1.165, 1.54) is 98.0 Å². The number of nitrogens with zero attached hydrogens (tertiary/aromatic N) is 2. The number of nitrogens with one attached hydrogen (secondary N) is 9. The molecule has 21 rings (SSSR count). The number of carbonyl (C=O) groups excluding carboxylic acids is 4. The number of imidazole rings is 1. The molecule has 5 unspecified atom stereocenters. The highest BCUT2D eigenvalue weighted by Crippen LogP contribution is 2.44. The van der Waals surface area contributed by atoms with E-state index >= 15 is 0 Å². The van der Waals surface area contributed by atoms with E-state index in [9.17, 15) is 24.1 Å². The highest BCUT2D eigenvalue weighted by atomic mass is 79.9. The van der Waals surface area contributed by atoms with Crippen LogP contribution in [0.1, 0.15) is 204 Å². The normalized spacial score (nSPS) is 17.1. The van der Waals surface area contributed by atoms with Gasteiger partial charge in [0.15, 0.2) is 24.4 Å². The fourth-order valence-electron chi connectivity index (χ4n) is 17.5. The topological polar surface area (TPSA) is 268 Å². The number of hydrogen-bond donors (Lipinski definition) is 9. The minimum absolute atomic E-state index is 0.00420. The summed E-state index contributed by atoms with van der Waals surface area (Å²) in [5.74, 6) is 2.74. The number of ether oxygens (including phenoxy) is 1. The van der Waals surface area contributed by atoms with Crippen molar-refractivity contribution in [1.82, 2.24) is 50.8 Å². The lowest BCUT2D eigenvalue weighted by Crippen LogP contribution is -2.31. The molecular formula is C92H83Br2Cl3N11O8S+. The third kappa shape index (κ3) is 16.8. The second kappa shape index (κ2) is 34.5. The summed E-state index contributed by atoms with van der Waals surface area (Å²) in [6, 6.07) is 56.1. The maximum Gasteiger partial charge on any atom is 0.421 e. The second-order valence-electron chi connectivity index (χ2n) is 30.4. The summed E-state index contributed by atoms with van der Waals surface area (Å²) in [6.45, 7) is 0. The summed E-state index contributed by atoms with van der Waals surface area (Å²) in [7, 11) is 2.96. The Hall–Kier alpha value is -10.7. The molecular weight excluding hydrogens is 1690 g/mol. The lowest BCUT2D eigenvalue weighted by atomic mass is 9.83. The maximum atomic E-state index is 12.6. The molecule has 9 aromatic heterocycles. The number of aromatic nitrogens is 7. The number of furan rings is 2. The first-order chi connectivity index (χ1) is 56.9. The molecule has 5 aliphatic rings. The van der Waals surface area contributed by atoms with Gasteiger partial charge in [-0.1, -0.05) is 84.9 Å². The van der Waals surface area contributed by atoms with Crippen molar-refractivity contribution in [2.24, 2.45) is 0 Å². The molecule has 594 valence electrons. The molecule has 0 saturated carbocycles. The summed E-state index contributed by atoms with van der Waals surface area (Å²) in [6.07, 6.45) is 17.4. The molecule has 0 fully saturated rings. The van der Waals surface area contributed by atoms with Crippen molar-refractivity contribution >= 4 is 173 Å². The van der Waals surface area contributed by atoms with Crippen LogP contribution < -0.4 is 20.7 Å². The first-order valence-electron chi connectivity index (χ1n) is 39.5. The number of para-hydroxylation sites is 2. The van der Waals surface area contributed by atoms with Crippen molar-refractivity contribution in [2.75, 3.05) is 14.2 Å². The molecule has 3 amide bonds. The Balaban J connectivity index is 0.000000105. The SMILES string of the molecule is Brc1ccc2[nH]c3c(c2c1)CCCC3c1nc2ccccc2[nH]1.COc1ccc(C(=O)NC2CCCc3c2[nH]c2ccc(Cl)cc32)cc1.C[N+](=O)c1ccc(C(=O)CC2CCCc3c2[nH]c2ccc(Br)cc32)o1.O=C(NC1CCCc2c1[nH]c1ccc(Cl)cc21)c1ccco1.O=C(NC1CCCc2c1[nH]c1ccc(Cl)cc21)c1cccs1. The van der Waals surface area contributed by atoms with Crippen molar-refractivity contribution < 1.29 is 37.5 Å². The zero-order valence-corrected chi connectivity index (χ0v) is 70.3. The third-order valence-corrected chi connectivity index (χ3v) is 25.6. The van der Waals surface area contributed by atoms with Gasteiger partial charge >= 0.3 is 5.88 Å². The Morgan fingerprint density at radius 1 is 0.496 bits per heavy atom. The fourth-order valence-corrected chi connectivity index (χ4v) is 19.4. The van der Waals surface area contributed by atoms with Crippen LogP contribution >= 0.6 is 78.0 Å². The Morgan fingerprint density at radius 3 is 1.50 bits per heavy atom. The number of thiophene rings is 1. The second-order valence-corrected chi connectivity index (χ2v) is 34.5.